The average Bonchev–Trinajstić information content (AvgIpc) is 2.65. The molecule has 1 aromatic heterocycles. The van der Waals surface area contributed by atoms with E-state index in [0.717, 1.165) is 32.5 Å². The molecule has 0 aliphatic carbocycles. The Morgan fingerprint density at radius 2 is 2.00 bits per heavy atom. The molecule has 9 nitrogen and oxygen atoms in total. The number of nitrogens with one attached hydrogen (secondary N) is 1. The number of nitrogens with zero attached hydrogens (tertiary/aromatic N) is 4. The monoisotopic (exact) mass is 402 g/mol. The van der Waals surface area contributed by atoms with Gasteiger partial charge in [-0.25, -0.2) is 15.0 Å². The van der Waals surface area contributed by atoms with Gasteiger partial charge in [0, 0.05) is 13.1 Å². The zero-order valence-electron chi connectivity index (χ0n) is 15.3. The van der Waals surface area contributed by atoms with Crippen molar-refractivity contribution in [3.8, 4) is 0 Å². The second-order valence-corrected chi connectivity index (χ2v) is 6.98. The van der Waals surface area contributed by atoms with Crippen molar-refractivity contribution in [3.63, 3.8) is 0 Å². The number of aromatic nitrogens is 2. The Labute approximate surface area is 168 Å². The van der Waals surface area contributed by atoms with Crippen molar-refractivity contribution in [2.45, 2.75) is 25.4 Å². The van der Waals surface area contributed by atoms with Crippen molar-refractivity contribution in [3.05, 3.63) is 46.7 Å². The highest BCUT2D eigenvalue weighted by molar-refractivity contribution is 6.31. The lowest BCUT2D eigenvalue weighted by molar-refractivity contribution is 0.0972. The first-order chi connectivity index (χ1) is 13.4. The molecule has 1 atom stereocenters. The van der Waals surface area contributed by atoms with Gasteiger partial charge in [-0.2, -0.15) is 0 Å². The quantitative estimate of drug-likeness (QED) is 0.440. The number of hydrogen-bond acceptors (Lipinski definition) is 7. The summed E-state index contributed by atoms with van der Waals surface area (Å²) in [5, 5.41) is 2.39. The molecule has 0 bridgehead atoms. The molecule has 3 rings (SSSR count). The third-order valence-corrected chi connectivity index (χ3v) is 4.69. The van der Waals surface area contributed by atoms with Crippen LogP contribution in [0.25, 0.3) is 0 Å². The molecular formula is C18H23ClN8O. The second kappa shape index (κ2) is 8.85. The zero-order chi connectivity index (χ0) is 20.1. The predicted octanol–water partition coefficient (Wildman–Crippen LogP) is 1.00. The van der Waals surface area contributed by atoms with E-state index in [2.05, 4.69) is 37.3 Å². The SMILES string of the molecule is NC(=NC1CCCN(Cc2ccccc2)C1)NC(=O)c1nc(Cl)c(N)nc1N. The van der Waals surface area contributed by atoms with E-state index in [0.29, 0.717) is 0 Å². The van der Waals surface area contributed by atoms with Gasteiger partial charge < -0.3 is 17.2 Å². The minimum Gasteiger partial charge on any atom is -0.382 e. The topological polar surface area (TPSA) is 149 Å². The summed E-state index contributed by atoms with van der Waals surface area (Å²) in [5.74, 6) is -0.798. The highest BCUT2D eigenvalue weighted by Crippen LogP contribution is 2.18. The highest BCUT2D eigenvalue weighted by Gasteiger charge is 2.21. The number of nitrogen functional groups attached to an aromatic ring is 2. The van der Waals surface area contributed by atoms with E-state index in [4.69, 9.17) is 28.8 Å². The predicted molar refractivity (Wildman–Crippen MR) is 110 cm³/mol. The molecule has 1 amide bonds. The first-order valence-electron chi connectivity index (χ1n) is 8.91. The summed E-state index contributed by atoms with van der Waals surface area (Å²) in [4.78, 5) is 26.7. The van der Waals surface area contributed by atoms with E-state index in [-0.39, 0.29) is 34.5 Å². The van der Waals surface area contributed by atoms with Crippen LogP contribution in [0.15, 0.2) is 35.3 Å². The third-order valence-electron chi connectivity index (χ3n) is 4.41. The summed E-state index contributed by atoms with van der Waals surface area (Å²) in [6.45, 7) is 2.62. The maximum absolute atomic E-state index is 12.3. The number of anilines is 2. The Hall–Kier alpha value is -2.91. The molecule has 0 spiro atoms. The molecule has 1 aliphatic heterocycles. The van der Waals surface area contributed by atoms with Crippen molar-refractivity contribution in [1.29, 1.82) is 0 Å². The van der Waals surface area contributed by atoms with Gasteiger partial charge in [0.05, 0.1) is 6.04 Å². The van der Waals surface area contributed by atoms with Crippen LogP contribution in [0.1, 0.15) is 28.9 Å². The Kier molecular flexibility index (Phi) is 6.27. The van der Waals surface area contributed by atoms with E-state index in [9.17, 15) is 4.79 Å². The van der Waals surface area contributed by atoms with Crippen LogP contribution in [0, 0.1) is 0 Å². The number of hydrogen-bond donors (Lipinski definition) is 4. The fraction of sp³-hybridized carbons (Fsp3) is 0.333. The van der Waals surface area contributed by atoms with Crippen LogP contribution in [0.4, 0.5) is 11.6 Å². The first-order valence-corrected chi connectivity index (χ1v) is 9.29. The van der Waals surface area contributed by atoms with Crippen LogP contribution in [0.2, 0.25) is 5.15 Å². The van der Waals surface area contributed by atoms with Crippen molar-refractivity contribution in [2.24, 2.45) is 10.7 Å². The number of carbonyl (C=O) groups is 1. The van der Waals surface area contributed by atoms with Gasteiger partial charge in [0.1, 0.15) is 0 Å². The van der Waals surface area contributed by atoms with Crippen molar-refractivity contribution in [2.75, 3.05) is 24.6 Å². The Morgan fingerprint density at radius 3 is 2.75 bits per heavy atom. The molecule has 10 heteroatoms. The minimum atomic E-state index is -0.634. The van der Waals surface area contributed by atoms with Gasteiger partial charge in [0.15, 0.2) is 28.4 Å². The Balaban J connectivity index is 1.61. The van der Waals surface area contributed by atoms with Gasteiger partial charge in [0.2, 0.25) is 0 Å². The van der Waals surface area contributed by atoms with Gasteiger partial charge in [-0.3, -0.25) is 15.0 Å². The van der Waals surface area contributed by atoms with Crippen molar-refractivity contribution < 1.29 is 4.79 Å². The van der Waals surface area contributed by atoms with Crippen LogP contribution < -0.4 is 22.5 Å². The van der Waals surface area contributed by atoms with E-state index >= 15 is 0 Å². The summed E-state index contributed by atoms with van der Waals surface area (Å²) in [7, 11) is 0. The number of aliphatic imine (C=N–C) groups is 1. The summed E-state index contributed by atoms with van der Waals surface area (Å²) >= 11 is 5.80. The average molecular weight is 403 g/mol. The van der Waals surface area contributed by atoms with Gasteiger partial charge in [-0.15, -0.1) is 0 Å². The maximum atomic E-state index is 12.3. The van der Waals surface area contributed by atoms with E-state index in [1.807, 2.05) is 18.2 Å². The normalized spacial score (nSPS) is 18.0. The number of rotatable bonds is 4. The molecule has 0 saturated carbocycles. The molecule has 1 aliphatic rings. The third kappa shape index (κ3) is 5.08. The van der Waals surface area contributed by atoms with Gasteiger partial charge in [-0.05, 0) is 24.9 Å². The summed E-state index contributed by atoms with van der Waals surface area (Å²) in [6.07, 6.45) is 1.91. The fourth-order valence-electron chi connectivity index (χ4n) is 3.13. The smallest absolute Gasteiger partial charge is 0.280 e. The molecule has 1 fully saturated rings. The standard InChI is InChI=1S/C18H23ClN8O/c19-14-16(21)25-15(20)13(24-14)17(28)26-18(22)23-12-7-4-8-27(10-12)9-11-5-2-1-3-6-11/h1-3,5-6,12H,4,7-10H2,(H4,20,21,25)(H3,22,23,26,28). The highest BCUT2D eigenvalue weighted by atomic mass is 35.5. The number of guanidine groups is 1. The molecular weight excluding hydrogens is 380 g/mol. The molecule has 28 heavy (non-hydrogen) atoms. The zero-order valence-corrected chi connectivity index (χ0v) is 16.1. The number of halogens is 1. The Bertz CT molecular complexity index is 873. The number of amides is 1. The summed E-state index contributed by atoms with van der Waals surface area (Å²) in [6, 6.07) is 10.3. The van der Waals surface area contributed by atoms with Crippen LogP contribution in [0.5, 0.6) is 0 Å². The Morgan fingerprint density at radius 1 is 1.25 bits per heavy atom. The van der Waals surface area contributed by atoms with Crippen LogP contribution in [-0.4, -0.2) is 45.9 Å². The molecule has 1 unspecified atom stereocenters. The van der Waals surface area contributed by atoms with Gasteiger partial charge in [0.25, 0.3) is 5.91 Å². The molecule has 1 aromatic carbocycles. The molecule has 148 valence electrons. The number of carbonyl (C=O) groups excluding carboxylic acids is 1. The van der Waals surface area contributed by atoms with E-state index < -0.39 is 5.91 Å². The lowest BCUT2D eigenvalue weighted by atomic mass is 10.1. The van der Waals surface area contributed by atoms with E-state index in [1.165, 1.54) is 5.56 Å². The maximum Gasteiger partial charge on any atom is 0.280 e. The van der Waals surface area contributed by atoms with Gasteiger partial charge in [-0.1, -0.05) is 41.9 Å². The number of piperidine rings is 1. The molecule has 0 radical (unpaired) electrons. The second-order valence-electron chi connectivity index (χ2n) is 6.62. The lowest BCUT2D eigenvalue weighted by Crippen LogP contribution is -2.42. The molecule has 1 saturated heterocycles. The van der Waals surface area contributed by atoms with Crippen molar-refractivity contribution in [1.82, 2.24) is 20.2 Å². The minimum absolute atomic E-state index is 0.00352. The van der Waals surface area contributed by atoms with Crippen molar-refractivity contribution >= 4 is 35.1 Å². The number of benzene rings is 1. The summed E-state index contributed by atoms with van der Waals surface area (Å²) < 4.78 is 0. The fourth-order valence-corrected chi connectivity index (χ4v) is 3.26. The number of nitrogens with two attached hydrogens (primary N) is 3. The van der Waals surface area contributed by atoms with E-state index in [1.54, 1.807) is 0 Å². The first kappa shape index (κ1) is 19.8. The number of likely N-dealkylation sites (tertiary alicyclic amines) is 1. The summed E-state index contributed by atoms with van der Waals surface area (Å²) in [5.41, 5.74) is 18.2. The van der Waals surface area contributed by atoms with Crippen LogP contribution >= 0.6 is 11.6 Å². The van der Waals surface area contributed by atoms with Crippen LogP contribution in [0.3, 0.4) is 0 Å². The largest absolute Gasteiger partial charge is 0.382 e. The van der Waals surface area contributed by atoms with Crippen LogP contribution in [-0.2, 0) is 6.54 Å². The van der Waals surface area contributed by atoms with Gasteiger partial charge >= 0.3 is 0 Å². The molecule has 7 N–H and O–H groups in total. The molecule has 2 aromatic rings. The molecule has 2 heterocycles. The lowest BCUT2D eigenvalue weighted by Gasteiger charge is -2.31.